The molecule has 0 saturated heterocycles. The summed E-state index contributed by atoms with van der Waals surface area (Å²) in [6, 6.07) is 19.4. The maximum absolute atomic E-state index is 13.2. The van der Waals surface area contributed by atoms with Gasteiger partial charge in [-0.2, -0.15) is 0 Å². The van der Waals surface area contributed by atoms with Gasteiger partial charge in [0, 0.05) is 10.8 Å². The molecule has 0 saturated carbocycles. The van der Waals surface area contributed by atoms with E-state index in [0.717, 1.165) is 22.6 Å². The van der Waals surface area contributed by atoms with E-state index < -0.39 is 6.04 Å². The van der Waals surface area contributed by atoms with Gasteiger partial charge in [-0.1, -0.05) is 65.8 Å². The van der Waals surface area contributed by atoms with Gasteiger partial charge < -0.3 is 5.32 Å². The summed E-state index contributed by atoms with van der Waals surface area (Å²) in [7, 11) is 0. The van der Waals surface area contributed by atoms with Crippen molar-refractivity contribution in [3.8, 4) is 5.69 Å². The van der Waals surface area contributed by atoms with E-state index in [4.69, 9.17) is 11.6 Å². The van der Waals surface area contributed by atoms with Gasteiger partial charge in [0.2, 0.25) is 5.91 Å². The zero-order valence-corrected chi connectivity index (χ0v) is 21.3. The first-order valence-electron chi connectivity index (χ1n) is 11.2. The minimum absolute atomic E-state index is 0.143. The Hall–Kier alpha value is -3.16. The Bertz CT molecular complexity index is 1340. The highest BCUT2D eigenvalue weighted by Crippen LogP contribution is 2.31. The third kappa shape index (κ3) is 6.10. The summed E-state index contributed by atoms with van der Waals surface area (Å²) in [6.45, 7) is 5.97. The Morgan fingerprint density at radius 2 is 1.80 bits per heavy atom. The average Bonchev–Trinajstić information content (AvgIpc) is 3.25. The lowest BCUT2D eigenvalue weighted by Gasteiger charge is -2.18. The van der Waals surface area contributed by atoms with E-state index >= 15 is 0 Å². The highest BCUT2D eigenvalue weighted by Gasteiger charge is 2.22. The Labute approximate surface area is 213 Å². The fourth-order valence-electron chi connectivity index (χ4n) is 3.76. The molecule has 1 heterocycles. The van der Waals surface area contributed by atoms with Crippen LogP contribution < -0.4 is 5.32 Å². The topological polar surface area (TPSA) is 59.8 Å². The van der Waals surface area contributed by atoms with E-state index in [-0.39, 0.29) is 18.1 Å². The van der Waals surface area contributed by atoms with E-state index in [1.165, 1.54) is 23.3 Å². The van der Waals surface area contributed by atoms with Crippen LogP contribution >= 0.6 is 23.4 Å². The number of hydrogen-bond donors (Lipinski definition) is 1. The number of halogens is 2. The fraction of sp³-hybridized carbons (Fsp3) is 0.222. The summed E-state index contributed by atoms with van der Waals surface area (Å²) in [5.74, 6) is 0.823. The molecule has 0 aliphatic rings. The first-order chi connectivity index (χ1) is 16.8. The number of carbonyl (C=O) groups is 1. The normalized spacial score (nSPS) is 11.9. The molecule has 3 aromatic carbocycles. The Balaban J connectivity index is 1.61. The predicted octanol–water partition coefficient (Wildman–Crippen LogP) is 6.39. The van der Waals surface area contributed by atoms with Crippen molar-refractivity contribution in [3.63, 3.8) is 0 Å². The lowest BCUT2D eigenvalue weighted by atomic mass is 10.1. The third-order valence-corrected chi connectivity index (χ3v) is 6.94. The molecule has 0 spiro atoms. The van der Waals surface area contributed by atoms with Crippen molar-refractivity contribution in [2.75, 3.05) is 0 Å². The lowest BCUT2D eigenvalue weighted by Crippen LogP contribution is -2.30. The van der Waals surface area contributed by atoms with Crippen molar-refractivity contribution in [3.05, 3.63) is 106 Å². The second kappa shape index (κ2) is 11.1. The number of aromatic nitrogens is 3. The van der Waals surface area contributed by atoms with Gasteiger partial charge in [0.1, 0.15) is 5.82 Å². The van der Waals surface area contributed by atoms with Crippen LogP contribution in [0.25, 0.3) is 5.69 Å². The number of aryl methyl sites for hydroxylation is 2. The van der Waals surface area contributed by atoms with Gasteiger partial charge in [-0.05, 0) is 67.3 Å². The van der Waals surface area contributed by atoms with Crippen LogP contribution in [-0.4, -0.2) is 20.7 Å². The summed E-state index contributed by atoms with van der Waals surface area (Å²) >= 11 is 7.92. The van der Waals surface area contributed by atoms with Crippen LogP contribution in [0.4, 0.5) is 4.39 Å². The van der Waals surface area contributed by atoms with Gasteiger partial charge >= 0.3 is 0 Å². The second-order valence-corrected chi connectivity index (χ2v) is 9.79. The van der Waals surface area contributed by atoms with Crippen LogP contribution in [0.2, 0.25) is 5.02 Å². The molecule has 1 N–H and O–H groups in total. The van der Waals surface area contributed by atoms with Crippen molar-refractivity contribution in [1.29, 1.82) is 0 Å². The van der Waals surface area contributed by atoms with Gasteiger partial charge in [-0.15, -0.1) is 10.2 Å². The van der Waals surface area contributed by atoms with Crippen LogP contribution in [-0.2, 0) is 17.0 Å². The minimum atomic E-state index is -0.415. The van der Waals surface area contributed by atoms with Crippen LogP contribution in [0.5, 0.6) is 0 Å². The summed E-state index contributed by atoms with van der Waals surface area (Å²) in [5, 5.41) is 13.2. The summed E-state index contributed by atoms with van der Waals surface area (Å²) in [6.07, 6.45) is 0.143. The maximum atomic E-state index is 13.2. The Kier molecular flexibility index (Phi) is 7.88. The number of thioether (sulfide) groups is 1. The largest absolute Gasteiger partial charge is 0.346 e. The highest BCUT2D eigenvalue weighted by atomic mass is 35.5. The molecular weight excluding hydrogens is 483 g/mol. The number of amides is 1. The van der Waals surface area contributed by atoms with Crippen molar-refractivity contribution in [1.82, 2.24) is 20.1 Å². The van der Waals surface area contributed by atoms with E-state index in [0.29, 0.717) is 16.0 Å². The van der Waals surface area contributed by atoms with Gasteiger partial charge in [0.15, 0.2) is 11.0 Å². The molecule has 4 rings (SSSR count). The molecule has 180 valence electrons. The molecule has 1 atom stereocenters. The number of hydrogen-bond acceptors (Lipinski definition) is 4. The van der Waals surface area contributed by atoms with Gasteiger partial charge in [0.05, 0.1) is 18.2 Å². The molecule has 1 unspecified atom stereocenters. The number of benzene rings is 3. The van der Waals surface area contributed by atoms with Crippen LogP contribution in [0, 0.1) is 19.7 Å². The predicted molar refractivity (Wildman–Crippen MR) is 139 cm³/mol. The average molecular weight is 509 g/mol. The zero-order chi connectivity index (χ0) is 24.9. The summed E-state index contributed by atoms with van der Waals surface area (Å²) in [5.41, 5.74) is 5.05. The van der Waals surface area contributed by atoms with Crippen LogP contribution in [0.15, 0.2) is 71.9 Å². The minimum Gasteiger partial charge on any atom is -0.346 e. The summed E-state index contributed by atoms with van der Waals surface area (Å²) < 4.78 is 15.2. The lowest BCUT2D eigenvalue weighted by molar-refractivity contribution is -0.121. The molecule has 5 nitrogen and oxygen atoms in total. The number of rotatable bonds is 8. The highest BCUT2D eigenvalue weighted by molar-refractivity contribution is 7.98. The van der Waals surface area contributed by atoms with E-state index in [1.807, 2.05) is 48.7 Å². The zero-order valence-electron chi connectivity index (χ0n) is 19.8. The fourth-order valence-corrected chi connectivity index (χ4v) is 4.96. The van der Waals surface area contributed by atoms with Crippen molar-refractivity contribution >= 4 is 29.3 Å². The van der Waals surface area contributed by atoms with Crippen LogP contribution in [0.1, 0.15) is 41.0 Å². The van der Waals surface area contributed by atoms with Gasteiger partial charge in [-0.3, -0.25) is 9.36 Å². The van der Waals surface area contributed by atoms with Crippen LogP contribution in [0.3, 0.4) is 0 Å². The Morgan fingerprint density at radius 1 is 1.06 bits per heavy atom. The van der Waals surface area contributed by atoms with E-state index in [9.17, 15) is 9.18 Å². The molecule has 0 bridgehead atoms. The first-order valence-corrected chi connectivity index (χ1v) is 12.6. The first kappa shape index (κ1) is 24.9. The molecule has 1 aromatic heterocycles. The van der Waals surface area contributed by atoms with Crippen molar-refractivity contribution < 1.29 is 9.18 Å². The van der Waals surface area contributed by atoms with Gasteiger partial charge in [-0.25, -0.2) is 4.39 Å². The number of carbonyl (C=O) groups excluding carboxylic acids is 1. The molecule has 8 heteroatoms. The van der Waals surface area contributed by atoms with Crippen molar-refractivity contribution in [2.24, 2.45) is 0 Å². The molecule has 0 fully saturated rings. The molecule has 1 amide bonds. The monoisotopic (exact) mass is 508 g/mol. The molecule has 4 aromatic rings. The van der Waals surface area contributed by atoms with E-state index in [1.54, 1.807) is 23.9 Å². The van der Waals surface area contributed by atoms with Crippen molar-refractivity contribution in [2.45, 2.75) is 44.1 Å². The maximum Gasteiger partial charge on any atom is 0.224 e. The molecule has 0 aliphatic carbocycles. The second-order valence-electron chi connectivity index (χ2n) is 8.41. The molecule has 0 radical (unpaired) electrons. The Morgan fingerprint density at radius 3 is 2.54 bits per heavy atom. The quantitative estimate of drug-likeness (QED) is 0.280. The number of nitrogens with one attached hydrogen (secondary N) is 1. The van der Waals surface area contributed by atoms with Gasteiger partial charge in [0.25, 0.3) is 0 Å². The molecular formula is C27H26ClFN4OS. The third-order valence-electron chi connectivity index (χ3n) is 5.73. The van der Waals surface area contributed by atoms with E-state index in [2.05, 4.69) is 34.6 Å². The molecule has 0 aliphatic heterocycles. The number of nitrogens with zero attached hydrogens (tertiary/aromatic N) is 3. The SMILES string of the molecule is Cc1ccccc1CSc1nnc(C(C)NC(=O)Cc2ccc(F)cc2)n1-c1cc(Cl)ccc1C. The smallest absolute Gasteiger partial charge is 0.224 e. The molecule has 35 heavy (non-hydrogen) atoms. The standard InChI is InChI=1S/C27H26ClFN4OS/c1-17-6-4-5-7-21(17)16-35-27-32-31-26(33(27)24-15-22(28)11-8-18(24)2)19(3)30-25(34)14-20-9-12-23(29)13-10-20/h4-13,15,19H,14,16H2,1-3H3,(H,30,34). The summed E-state index contributed by atoms with van der Waals surface area (Å²) in [4.78, 5) is 12.7.